The Morgan fingerprint density at radius 3 is 0.705 bits per heavy atom. The average Bonchev–Trinajstić information content (AvgIpc) is 0.773. The van der Waals surface area contributed by atoms with Crippen LogP contribution in [0.5, 0.6) is 0 Å². The Labute approximate surface area is 675 Å². The van der Waals surface area contributed by atoms with Gasteiger partial charge in [0.25, 0.3) is 12.6 Å². The highest BCUT2D eigenvalue weighted by Gasteiger charge is 2.59. The minimum atomic E-state index is -1.71. The first-order valence-electron chi connectivity index (χ1n) is 45.1. The molecule has 0 N–H and O–H groups in total. The molecule has 0 aromatic carbocycles. The number of hydrogen-bond acceptors (Lipinski definition) is 23. The maximum atomic E-state index is 15.2. The molecule has 28 heteroatoms. The van der Waals surface area contributed by atoms with E-state index in [0.29, 0.717) is 78.9 Å². The van der Waals surface area contributed by atoms with Crippen LogP contribution in [-0.2, 0) is 94.9 Å². The molecule has 0 bridgehead atoms. The van der Waals surface area contributed by atoms with Gasteiger partial charge >= 0.3 is 5.09 Å². The van der Waals surface area contributed by atoms with E-state index in [1.54, 1.807) is 0 Å². The molecule has 4 heterocycles. The van der Waals surface area contributed by atoms with Crippen molar-refractivity contribution >= 4 is 0 Å². The molecule has 0 unspecified atom stereocenters. The molecule has 4 fully saturated rings. The molecule has 112 heavy (non-hydrogen) atoms. The number of hydrogen-bond donors (Lipinski definition) is 0. The van der Waals surface area contributed by atoms with Crippen LogP contribution in [0.4, 0.5) is 0 Å². The van der Waals surface area contributed by atoms with E-state index >= 15 is 4.91 Å². The van der Waals surface area contributed by atoms with Gasteiger partial charge in [-0.25, -0.2) is 0 Å². The van der Waals surface area contributed by atoms with Crippen molar-refractivity contribution in [2.24, 2.45) is 10.2 Å². The van der Waals surface area contributed by atoms with Crippen molar-refractivity contribution < 1.29 is 100 Å². The average molecular weight is 1600 g/mol. The lowest BCUT2D eigenvalue weighted by atomic mass is 9.95. The smallest absolute Gasteiger partial charge is 0.379 e. The summed E-state index contributed by atoms with van der Waals surface area (Å²) in [5, 5.41) is 8.53. The number of rotatable bonds is 74. The van der Waals surface area contributed by atoms with E-state index in [1.165, 1.54) is 0 Å². The molecule has 0 aromatic rings. The molecule has 4 saturated heterocycles. The summed E-state index contributed by atoms with van der Waals surface area (Å²) in [5.41, 5.74) is 21.4. The van der Waals surface area contributed by atoms with Crippen LogP contribution < -0.4 is 0 Å². The minimum absolute atomic E-state index is 0.0753. The van der Waals surface area contributed by atoms with Crippen LogP contribution in [-0.4, -0.2) is 233 Å². The predicted octanol–water partition coefficient (Wildman–Crippen LogP) is 19.1. The molecule has 0 amide bonds. The maximum absolute atomic E-state index is 15.2. The summed E-state index contributed by atoms with van der Waals surface area (Å²) in [6, 6.07) is -2.85. The van der Waals surface area contributed by atoms with Gasteiger partial charge in [-0.15, -0.1) is 0 Å². The second kappa shape index (κ2) is 66.9. The monoisotopic (exact) mass is 1600 g/mol. The molecular formula is C84H160N7O21+. The summed E-state index contributed by atoms with van der Waals surface area (Å²) >= 11 is 0. The molecule has 20 atom stereocenters. The van der Waals surface area contributed by atoms with Gasteiger partial charge in [-0.3, -0.25) is 0 Å². The number of nitrogens with zero attached hydrogens (tertiary/aromatic N) is 7. The summed E-state index contributed by atoms with van der Waals surface area (Å²) in [7, 11) is 0. The van der Waals surface area contributed by atoms with Crippen LogP contribution in [0.1, 0.15) is 314 Å². The first-order chi connectivity index (χ1) is 55.1. The molecule has 4 aliphatic heterocycles. The number of unbranched alkanes of at least 4 members (excludes halogenated alkanes) is 24. The molecule has 656 valence electrons. The lowest BCUT2D eigenvalue weighted by molar-refractivity contribution is -1.00. The Morgan fingerprint density at radius 1 is 0.259 bits per heavy atom. The standard InChI is InChI=1S/C84H160N7O21/c1-13-25-37-49-93-61-65-71(97-53-41-29-17-5)77(101-57-45-33-21-9)79(103-59-47-35-23-11)83(107-65)109-73-67(63-95-51-39-27-15-3)105-81(69(87-89-85)75(73)99-55-43-31-19-7)111-91(92)112-82-70(88-90-86)76(100-56-44-32-20-8)74(68(106-82)64-96-52-40-28-16-4)110-84-80(104-60-48-36-24-12)78(102-58-46-34-22-10)72(98-54-42-30-18-6)66(108-84)62-94-50-38-26-14-2/h65-84H,13-64H2,1-12H3/q+1/t65-,66-,67-,68-,69+,70+,71+,72+,73-,74-,75-,76-,77+,78+,79-,80-,81+,82+,83+,84+/m1/s1. The van der Waals surface area contributed by atoms with Crippen molar-refractivity contribution in [3.63, 3.8) is 0 Å². The zero-order chi connectivity index (χ0) is 80.9. The molecule has 0 saturated carbocycles. The molecule has 0 aliphatic carbocycles. The van der Waals surface area contributed by atoms with Crippen molar-refractivity contribution in [3.8, 4) is 0 Å². The minimum Gasteiger partial charge on any atom is -0.379 e. The molecule has 4 aliphatic rings. The van der Waals surface area contributed by atoms with Crippen LogP contribution in [0.15, 0.2) is 10.2 Å². The van der Waals surface area contributed by atoms with E-state index < -0.39 is 123 Å². The Morgan fingerprint density at radius 2 is 0.464 bits per heavy atom. The van der Waals surface area contributed by atoms with Gasteiger partial charge in [-0.05, 0) is 88.1 Å². The maximum Gasteiger partial charge on any atom is 0.482 e. The molecular weight excluding hydrogens is 1440 g/mol. The van der Waals surface area contributed by atoms with E-state index in [4.69, 9.17) is 94.9 Å². The third kappa shape index (κ3) is 39.3. The zero-order valence-electron chi connectivity index (χ0n) is 72.0. The summed E-state index contributed by atoms with van der Waals surface area (Å²) in [4.78, 5) is 34.5. The van der Waals surface area contributed by atoms with Crippen molar-refractivity contribution in [3.05, 3.63) is 25.8 Å². The molecule has 4 rings (SSSR count). The fourth-order valence-corrected chi connectivity index (χ4v) is 14.4. The van der Waals surface area contributed by atoms with Crippen molar-refractivity contribution in [2.75, 3.05) is 106 Å². The van der Waals surface area contributed by atoms with E-state index in [9.17, 15) is 11.1 Å². The topological polar surface area (TPSA) is 302 Å². The number of azide groups is 2. The number of ether oxygens (including phenoxy) is 18. The molecule has 0 spiro atoms. The Bertz CT molecular complexity index is 2180. The highest BCUT2D eigenvalue weighted by atomic mass is 17.1. The predicted molar refractivity (Wildman–Crippen MR) is 432 cm³/mol. The van der Waals surface area contributed by atoms with Crippen molar-refractivity contribution in [1.82, 2.24) is 0 Å². The first-order valence-corrected chi connectivity index (χ1v) is 45.1. The Kier molecular flexibility index (Phi) is 60.6. The van der Waals surface area contributed by atoms with Crippen molar-refractivity contribution in [1.29, 1.82) is 0 Å². The summed E-state index contributed by atoms with van der Waals surface area (Å²) in [5.74, 6) is 0. The van der Waals surface area contributed by atoms with Gasteiger partial charge in [0.1, 0.15) is 102 Å². The zero-order valence-corrected chi connectivity index (χ0v) is 72.0. The van der Waals surface area contributed by atoms with Crippen molar-refractivity contribution in [2.45, 2.75) is 437 Å². The molecule has 0 radical (unpaired) electrons. The summed E-state index contributed by atoms with van der Waals surface area (Å²) in [6.07, 6.45) is 14.7. The summed E-state index contributed by atoms with van der Waals surface area (Å²) in [6.45, 7) is 30.8. The third-order valence-electron chi connectivity index (χ3n) is 20.9. The lowest BCUT2D eigenvalue weighted by Crippen LogP contribution is -2.66. The Balaban J connectivity index is 1.92. The summed E-state index contributed by atoms with van der Waals surface area (Å²) < 4.78 is 125. The lowest BCUT2D eigenvalue weighted by Gasteiger charge is -2.49. The van der Waals surface area contributed by atoms with E-state index in [1.807, 2.05) is 0 Å². The second-order valence-electron chi connectivity index (χ2n) is 30.7. The van der Waals surface area contributed by atoms with Gasteiger partial charge in [0.2, 0.25) is 0 Å². The molecule has 0 aromatic heterocycles. The van der Waals surface area contributed by atoms with Crippen LogP contribution in [0.3, 0.4) is 0 Å². The molecule has 28 nitrogen and oxygen atoms in total. The largest absolute Gasteiger partial charge is 0.482 e. The van der Waals surface area contributed by atoms with Crippen LogP contribution in [0.25, 0.3) is 20.9 Å². The Hall–Kier alpha value is -2.90. The first kappa shape index (κ1) is 101. The van der Waals surface area contributed by atoms with Crippen LogP contribution >= 0.6 is 0 Å². The van der Waals surface area contributed by atoms with Gasteiger partial charge in [-0.2, -0.15) is 9.68 Å². The normalized spacial score (nSPS) is 28.1. The fraction of sp³-hybridized carbons (Fsp3) is 1.00. The van der Waals surface area contributed by atoms with Crippen LogP contribution in [0, 0.1) is 4.91 Å². The SMILES string of the molecule is CCCCCOC[C@H]1O[C@@H](O[C@H]2[C@H](OCCCCC)[C@H](N=[N+]=[N-])[C@H](O[N+](=O)O[C@@H]3O[C@H](COCCCCC)[C@@H](O[C@@H]4O[C@H](COCCCCC)[C@H](OCCCCC)[C@H](OCCCCC)[C@H]4OCCCCC)[C@H](OCCCCC)[C@@H]3N=[N+]=[N-])O[C@@H]2COCCCCC)[C@H](OCCCCC)[C@@H](OCCCCC)[C@H]1OCCCCC. The van der Waals surface area contributed by atoms with Gasteiger partial charge in [0, 0.05) is 89.1 Å². The van der Waals surface area contributed by atoms with E-state index in [2.05, 4.69) is 103 Å². The second-order valence-corrected chi connectivity index (χ2v) is 30.7. The third-order valence-corrected chi connectivity index (χ3v) is 20.9. The highest BCUT2D eigenvalue weighted by molar-refractivity contribution is 5.01. The van der Waals surface area contributed by atoms with E-state index in [0.717, 1.165) is 218 Å². The highest BCUT2D eigenvalue weighted by Crippen LogP contribution is 2.39. The van der Waals surface area contributed by atoms with Crippen LogP contribution in [0.2, 0.25) is 0 Å². The van der Waals surface area contributed by atoms with Gasteiger partial charge in [0.15, 0.2) is 12.6 Å². The van der Waals surface area contributed by atoms with E-state index in [-0.39, 0.29) is 44.7 Å². The fourth-order valence-electron chi connectivity index (χ4n) is 14.4. The van der Waals surface area contributed by atoms with Gasteiger partial charge < -0.3 is 85.3 Å². The quantitative estimate of drug-likeness (QED) is 0.0180. The van der Waals surface area contributed by atoms with Gasteiger partial charge in [0.05, 0.1) is 26.4 Å². The van der Waals surface area contributed by atoms with Gasteiger partial charge in [-0.1, -0.05) is 247 Å².